The van der Waals surface area contributed by atoms with Gasteiger partial charge in [-0.25, -0.2) is 8.78 Å². The van der Waals surface area contributed by atoms with Crippen molar-refractivity contribution in [2.24, 2.45) is 5.92 Å². The molecule has 0 saturated heterocycles. The summed E-state index contributed by atoms with van der Waals surface area (Å²) in [5.74, 6) is -1.22. The Balaban J connectivity index is 2.58. The molecule has 2 unspecified atom stereocenters. The lowest BCUT2D eigenvalue weighted by Gasteiger charge is -2.35. The average molecular weight is 245 g/mol. The molecule has 3 heteroatoms. The van der Waals surface area contributed by atoms with Gasteiger partial charge in [-0.2, -0.15) is 5.26 Å². The van der Waals surface area contributed by atoms with E-state index in [0.717, 1.165) is 6.07 Å². The van der Waals surface area contributed by atoms with Crippen LogP contribution in [0.1, 0.15) is 18.9 Å². The number of nitrogens with zero attached hydrogens (tertiary/aromatic N) is 1. The van der Waals surface area contributed by atoms with Crippen molar-refractivity contribution in [2.75, 3.05) is 0 Å². The van der Waals surface area contributed by atoms with Crippen LogP contribution in [0.4, 0.5) is 8.78 Å². The minimum Gasteiger partial charge on any atom is -0.207 e. The third kappa shape index (κ3) is 1.95. The van der Waals surface area contributed by atoms with Crippen LogP contribution in [0.3, 0.4) is 0 Å². The van der Waals surface area contributed by atoms with Crippen molar-refractivity contribution >= 4 is 0 Å². The topological polar surface area (TPSA) is 23.8 Å². The van der Waals surface area contributed by atoms with E-state index in [1.54, 1.807) is 6.08 Å². The smallest absolute Gasteiger partial charge is 0.130 e. The summed E-state index contributed by atoms with van der Waals surface area (Å²) in [6, 6.07) is 5.64. The van der Waals surface area contributed by atoms with E-state index in [4.69, 9.17) is 5.26 Å². The third-order valence-electron chi connectivity index (χ3n) is 3.52. The van der Waals surface area contributed by atoms with Crippen molar-refractivity contribution in [3.8, 4) is 6.07 Å². The molecule has 0 aliphatic heterocycles. The van der Waals surface area contributed by atoms with Crippen molar-refractivity contribution in [3.05, 3.63) is 59.7 Å². The van der Waals surface area contributed by atoms with E-state index in [-0.39, 0.29) is 12.3 Å². The number of nitriles is 1. The van der Waals surface area contributed by atoms with Gasteiger partial charge in [0.25, 0.3) is 0 Å². The van der Waals surface area contributed by atoms with Gasteiger partial charge in [-0.05, 0) is 17.5 Å². The Hall–Kier alpha value is -1.95. The molecule has 0 heterocycles. The zero-order chi connectivity index (χ0) is 13.2. The predicted octanol–water partition coefficient (Wildman–Crippen LogP) is 3.88. The van der Waals surface area contributed by atoms with Gasteiger partial charge in [0.2, 0.25) is 0 Å². The molecule has 0 N–H and O–H groups in total. The molecule has 0 radical (unpaired) electrons. The van der Waals surface area contributed by atoms with Crippen LogP contribution in [0, 0.1) is 28.9 Å². The van der Waals surface area contributed by atoms with Crippen molar-refractivity contribution < 1.29 is 8.78 Å². The molecule has 0 saturated carbocycles. The molecule has 2 atom stereocenters. The van der Waals surface area contributed by atoms with Crippen LogP contribution in [0.5, 0.6) is 0 Å². The molecular formula is C15H13F2N. The van der Waals surface area contributed by atoms with Crippen molar-refractivity contribution in [1.82, 2.24) is 0 Å². The molecule has 18 heavy (non-hydrogen) atoms. The van der Waals surface area contributed by atoms with E-state index in [2.05, 4.69) is 6.07 Å². The van der Waals surface area contributed by atoms with E-state index in [0.29, 0.717) is 5.56 Å². The average Bonchev–Trinajstić information content (AvgIpc) is 2.32. The first-order valence-corrected chi connectivity index (χ1v) is 5.78. The largest absolute Gasteiger partial charge is 0.207 e. The van der Waals surface area contributed by atoms with Crippen LogP contribution in [0.25, 0.3) is 0 Å². The number of benzene rings is 1. The van der Waals surface area contributed by atoms with Gasteiger partial charge in [0, 0.05) is 17.9 Å². The Bertz CT molecular complexity index is 554. The van der Waals surface area contributed by atoms with Crippen molar-refractivity contribution in [1.29, 1.82) is 5.26 Å². The van der Waals surface area contributed by atoms with Gasteiger partial charge in [-0.15, -0.1) is 0 Å². The van der Waals surface area contributed by atoms with Gasteiger partial charge < -0.3 is 0 Å². The summed E-state index contributed by atoms with van der Waals surface area (Å²) in [6.07, 6.45) is 7.61. The number of halogens is 2. The highest BCUT2D eigenvalue weighted by Crippen LogP contribution is 2.41. The second kappa shape index (κ2) is 4.73. The molecule has 1 aliphatic rings. The van der Waals surface area contributed by atoms with E-state index in [1.807, 2.05) is 25.2 Å². The second-order valence-corrected chi connectivity index (χ2v) is 4.53. The monoisotopic (exact) mass is 245 g/mol. The molecule has 92 valence electrons. The quantitative estimate of drug-likeness (QED) is 0.775. The van der Waals surface area contributed by atoms with Gasteiger partial charge in [0.15, 0.2) is 0 Å². The lowest BCUT2D eigenvalue weighted by Crippen LogP contribution is -2.32. The summed E-state index contributed by atoms with van der Waals surface area (Å²) in [6.45, 7) is 1.93. The standard InChI is InChI=1S/C15H13F2N/c1-11-4-2-3-7-15(11,8-9-18)13-6-5-12(16)10-14(13)17/h2-7,10-11H,8H2,1H3. The maximum absolute atomic E-state index is 14.0. The molecule has 0 bridgehead atoms. The van der Waals surface area contributed by atoms with Crippen LogP contribution in [0.15, 0.2) is 42.5 Å². The molecule has 2 rings (SSSR count). The summed E-state index contributed by atoms with van der Waals surface area (Å²) in [5.41, 5.74) is -0.333. The summed E-state index contributed by atoms with van der Waals surface area (Å²) in [4.78, 5) is 0. The second-order valence-electron chi connectivity index (χ2n) is 4.53. The SMILES string of the molecule is CC1C=CC=CC1(CC#N)c1ccc(F)cc1F. The van der Waals surface area contributed by atoms with Gasteiger partial charge in [-0.3, -0.25) is 0 Å². The maximum Gasteiger partial charge on any atom is 0.130 e. The summed E-state index contributed by atoms with van der Waals surface area (Å²) >= 11 is 0. The minimum atomic E-state index is -0.707. The highest BCUT2D eigenvalue weighted by molar-refractivity contribution is 5.39. The zero-order valence-electron chi connectivity index (χ0n) is 10.0. The molecule has 0 fully saturated rings. The lowest BCUT2D eigenvalue weighted by molar-refractivity contribution is 0.402. The first kappa shape index (κ1) is 12.5. The molecule has 0 aromatic heterocycles. The number of rotatable bonds is 2. The molecule has 0 amide bonds. The highest BCUT2D eigenvalue weighted by Gasteiger charge is 2.37. The van der Waals surface area contributed by atoms with E-state index in [1.165, 1.54) is 12.1 Å². The van der Waals surface area contributed by atoms with Gasteiger partial charge >= 0.3 is 0 Å². The Morgan fingerprint density at radius 3 is 2.72 bits per heavy atom. The van der Waals surface area contributed by atoms with E-state index in [9.17, 15) is 8.78 Å². The zero-order valence-corrected chi connectivity index (χ0v) is 10.0. The van der Waals surface area contributed by atoms with E-state index < -0.39 is 17.0 Å². The summed E-state index contributed by atoms with van der Waals surface area (Å²) < 4.78 is 27.0. The molecule has 0 spiro atoms. The Morgan fingerprint density at radius 1 is 1.33 bits per heavy atom. The van der Waals surface area contributed by atoms with E-state index >= 15 is 0 Å². The normalized spacial score (nSPS) is 26.0. The molecule has 1 aromatic rings. The lowest BCUT2D eigenvalue weighted by atomic mass is 9.67. The Morgan fingerprint density at radius 2 is 2.11 bits per heavy atom. The van der Waals surface area contributed by atoms with Crippen LogP contribution in [-0.4, -0.2) is 0 Å². The molecular weight excluding hydrogens is 232 g/mol. The highest BCUT2D eigenvalue weighted by atomic mass is 19.1. The fourth-order valence-corrected chi connectivity index (χ4v) is 2.43. The maximum atomic E-state index is 14.0. The predicted molar refractivity (Wildman–Crippen MR) is 65.7 cm³/mol. The fourth-order valence-electron chi connectivity index (χ4n) is 2.43. The van der Waals surface area contributed by atoms with Crippen molar-refractivity contribution in [2.45, 2.75) is 18.8 Å². The van der Waals surface area contributed by atoms with Gasteiger partial charge in [0.05, 0.1) is 6.07 Å². The first-order chi connectivity index (χ1) is 8.60. The van der Waals surface area contributed by atoms with Crippen LogP contribution >= 0.6 is 0 Å². The minimum absolute atomic E-state index is 0.0119. The van der Waals surface area contributed by atoms with Gasteiger partial charge in [-0.1, -0.05) is 37.3 Å². The third-order valence-corrected chi connectivity index (χ3v) is 3.52. The Kier molecular flexibility index (Phi) is 3.29. The first-order valence-electron chi connectivity index (χ1n) is 5.78. The fraction of sp³-hybridized carbons (Fsp3) is 0.267. The summed E-state index contributed by atoms with van der Waals surface area (Å²) in [7, 11) is 0. The molecule has 1 nitrogen and oxygen atoms in total. The van der Waals surface area contributed by atoms with Crippen LogP contribution < -0.4 is 0 Å². The summed E-state index contributed by atoms with van der Waals surface area (Å²) in [5, 5.41) is 9.00. The van der Waals surface area contributed by atoms with Crippen molar-refractivity contribution in [3.63, 3.8) is 0 Å². The molecule has 1 aromatic carbocycles. The number of hydrogen-bond acceptors (Lipinski definition) is 1. The van der Waals surface area contributed by atoms with Crippen LogP contribution in [0.2, 0.25) is 0 Å². The number of hydrogen-bond donors (Lipinski definition) is 0. The van der Waals surface area contributed by atoms with Crippen LogP contribution in [-0.2, 0) is 5.41 Å². The molecule has 1 aliphatic carbocycles. The Labute approximate surface area is 105 Å². The van der Waals surface area contributed by atoms with Gasteiger partial charge in [0.1, 0.15) is 11.6 Å². The number of allylic oxidation sites excluding steroid dienone is 4.